The second kappa shape index (κ2) is 4.75. The molecule has 0 aromatic carbocycles. The summed E-state index contributed by atoms with van der Waals surface area (Å²) in [5.74, 6) is 6.31. The fourth-order valence-corrected chi connectivity index (χ4v) is 6.35. The Hall–Kier alpha value is 0. The van der Waals surface area contributed by atoms with Gasteiger partial charge in [0.05, 0.1) is 0 Å². The Bertz CT molecular complexity index is 324. The fourth-order valence-electron chi connectivity index (χ4n) is 6.35. The third kappa shape index (κ3) is 2.08. The normalized spacial score (nSPS) is 50.1. The maximum Gasteiger partial charge on any atom is -0.0295 e. The van der Waals surface area contributed by atoms with E-state index in [0.29, 0.717) is 10.8 Å². The lowest BCUT2D eigenvalue weighted by Gasteiger charge is -2.59. The van der Waals surface area contributed by atoms with Crippen LogP contribution in [-0.2, 0) is 0 Å². The van der Waals surface area contributed by atoms with Gasteiger partial charge in [0.15, 0.2) is 0 Å². The summed E-state index contributed by atoms with van der Waals surface area (Å²) in [5, 5.41) is 0. The van der Waals surface area contributed by atoms with Crippen molar-refractivity contribution in [3.8, 4) is 0 Å². The first-order chi connectivity index (χ1) is 9.24. The molecule has 0 aromatic heterocycles. The lowest BCUT2D eigenvalue weighted by Crippen LogP contribution is -2.51. The Labute approximate surface area is 127 Å². The molecular formula is C20H36. The van der Waals surface area contributed by atoms with Crippen molar-refractivity contribution in [2.45, 2.75) is 80.1 Å². The van der Waals surface area contributed by atoms with Crippen LogP contribution in [0.1, 0.15) is 80.1 Å². The molecule has 6 rings (SSSR count). The van der Waals surface area contributed by atoms with Crippen LogP contribution in [0.2, 0.25) is 0 Å². The third-order valence-corrected chi connectivity index (χ3v) is 8.41. The fraction of sp³-hybridized carbons (Fsp3) is 1.00. The van der Waals surface area contributed by atoms with Crippen molar-refractivity contribution in [3.63, 3.8) is 0 Å². The average Bonchev–Trinajstić information content (AvgIpc) is 2.38. The molecule has 6 aliphatic rings. The first-order valence-corrected chi connectivity index (χ1v) is 9.24. The molecule has 6 fully saturated rings. The quantitative estimate of drug-likeness (QED) is 0.497. The first kappa shape index (κ1) is 14.9. The van der Waals surface area contributed by atoms with Gasteiger partial charge >= 0.3 is 0 Å². The van der Waals surface area contributed by atoms with E-state index >= 15 is 0 Å². The van der Waals surface area contributed by atoms with Crippen LogP contribution in [0, 0.1) is 46.3 Å². The minimum atomic E-state index is 0.706. The van der Waals surface area contributed by atoms with Gasteiger partial charge in [0.25, 0.3) is 0 Å². The average molecular weight is 277 g/mol. The summed E-state index contributed by atoms with van der Waals surface area (Å²) in [5.41, 5.74) is 1.41. The van der Waals surface area contributed by atoms with E-state index in [0.717, 1.165) is 35.5 Å². The SMILES string of the molecule is C[C@@H]1CC[C@@H]2C[C@H]1C2(C)C.C[C@H]1CC[C@@H]2C[C@H]1C2(C)C. The zero-order valence-corrected chi connectivity index (χ0v) is 14.7. The molecule has 0 N–H and O–H groups in total. The Morgan fingerprint density at radius 2 is 0.950 bits per heavy atom. The van der Waals surface area contributed by atoms with Crippen molar-refractivity contribution in [1.82, 2.24) is 0 Å². The smallest absolute Gasteiger partial charge is 0.0295 e. The summed E-state index contributed by atoms with van der Waals surface area (Å²) in [6.07, 6.45) is 9.08. The van der Waals surface area contributed by atoms with Gasteiger partial charge in [-0.05, 0) is 72.0 Å². The van der Waals surface area contributed by atoms with Gasteiger partial charge in [0.1, 0.15) is 0 Å². The van der Waals surface area contributed by atoms with E-state index in [4.69, 9.17) is 0 Å². The molecule has 116 valence electrons. The standard InChI is InChI=1S/2C10H18/c2*1-7-4-5-8-6-9(7)10(8,2)3/h2*7-9H,4-6H2,1-3H3/t7-,8+,9+;7-,8-,9-/m01/s1. The van der Waals surface area contributed by atoms with E-state index in [-0.39, 0.29) is 0 Å². The van der Waals surface area contributed by atoms with E-state index in [9.17, 15) is 0 Å². The van der Waals surface area contributed by atoms with Gasteiger partial charge < -0.3 is 0 Å². The molecule has 0 aliphatic heterocycles. The van der Waals surface area contributed by atoms with Crippen LogP contribution >= 0.6 is 0 Å². The topological polar surface area (TPSA) is 0 Å². The van der Waals surface area contributed by atoms with Crippen molar-refractivity contribution >= 4 is 0 Å². The molecule has 20 heavy (non-hydrogen) atoms. The van der Waals surface area contributed by atoms with E-state index in [2.05, 4.69) is 41.5 Å². The predicted molar refractivity (Wildman–Crippen MR) is 87.6 cm³/mol. The predicted octanol–water partition coefficient (Wildman–Crippen LogP) is 6.16. The lowest BCUT2D eigenvalue weighted by molar-refractivity contribution is -0.0988. The van der Waals surface area contributed by atoms with Gasteiger partial charge in [0, 0.05) is 0 Å². The highest BCUT2D eigenvalue weighted by Crippen LogP contribution is 2.61. The molecule has 0 saturated heterocycles. The van der Waals surface area contributed by atoms with E-state index in [1.54, 1.807) is 0 Å². The van der Waals surface area contributed by atoms with Crippen molar-refractivity contribution in [2.75, 3.05) is 0 Å². The summed E-state index contributed by atoms with van der Waals surface area (Å²) in [6.45, 7) is 14.7. The molecule has 0 heterocycles. The van der Waals surface area contributed by atoms with Gasteiger partial charge in [-0.2, -0.15) is 0 Å². The van der Waals surface area contributed by atoms with Crippen LogP contribution in [0.15, 0.2) is 0 Å². The van der Waals surface area contributed by atoms with E-state index in [1.165, 1.54) is 38.5 Å². The van der Waals surface area contributed by atoms with Gasteiger partial charge in [-0.3, -0.25) is 0 Å². The molecule has 6 atom stereocenters. The minimum Gasteiger partial charge on any atom is -0.0622 e. The number of fused-ring (bicyclic) bond motifs is 4. The van der Waals surface area contributed by atoms with Crippen LogP contribution in [-0.4, -0.2) is 0 Å². The summed E-state index contributed by atoms with van der Waals surface area (Å²) in [4.78, 5) is 0. The summed E-state index contributed by atoms with van der Waals surface area (Å²) in [7, 11) is 0. The third-order valence-electron chi connectivity index (χ3n) is 8.41. The van der Waals surface area contributed by atoms with Crippen molar-refractivity contribution in [3.05, 3.63) is 0 Å². The molecule has 0 radical (unpaired) electrons. The highest BCUT2D eigenvalue weighted by atomic mass is 14.6. The second-order valence-electron chi connectivity index (χ2n) is 9.83. The number of hydrogen-bond acceptors (Lipinski definition) is 0. The Kier molecular flexibility index (Phi) is 3.54. The first-order valence-electron chi connectivity index (χ1n) is 9.24. The summed E-state index contributed by atoms with van der Waals surface area (Å²) < 4.78 is 0. The monoisotopic (exact) mass is 276 g/mol. The van der Waals surface area contributed by atoms with Crippen molar-refractivity contribution < 1.29 is 0 Å². The maximum atomic E-state index is 2.46. The van der Waals surface area contributed by atoms with Gasteiger partial charge in [0.2, 0.25) is 0 Å². The van der Waals surface area contributed by atoms with Crippen LogP contribution < -0.4 is 0 Å². The molecule has 0 heteroatoms. The largest absolute Gasteiger partial charge is 0.0622 e. The minimum absolute atomic E-state index is 0.706. The highest BCUT2D eigenvalue weighted by molar-refractivity contribution is 5.02. The summed E-state index contributed by atoms with van der Waals surface area (Å²) in [6, 6.07) is 0. The van der Waals surface area contributed by atoms with Crippen molar-refractivity contribution in [1.29, 1.82) is 0 Å². The molecular weight excluding hydrogens is 240 g/mol. The molecule has 0 amide bonds. The molecule has 0 unspecified atom stereocenters. The van der Waals surface area contributed by atoms with Crippen LogP contribution in [0.5, 0.6) is 0 Å². The van der Waals surface area contributed by atoms with Crippen LogP contribution in [0.3, 0.4) is 0 Å². The van der Waals surface area contributed by atoms with Crippen LogP contribution in [0.4, 0.5) is 0 Å². The molecule has 4 bridgehead atoms. The highest BCUT2D eigenvalue weighted by Gasteiger charge is 2.53. The Morgan fingerprint density at radius 1 is 0.600 bits per heavy atom. The van der Waals surface area contributed by atoms with Gasteiger partial charge in [-0.25, -0.2) is 0 Å². The molecule has 0 aromatic rings. The molecule has 6 saturated carbocycles. The molecule has 0 spiro atoms. The van der Waals surface area contributed by atoms with Crippen molar-refractivity contribution in [2.24, 2.45) is 46.3 Å². The Balaban J connectivity index is 0.000000121. The zero-order valence-electron chi connectivity index (χ0n) is 14.7. The van der Waals surface area contributed by atoms with E-state index < -0.39 is 0 Å². The van der Waals surface area contributed by atoms with Gasteiger partial charge in [-0.15, -0.1) is 0 Å². The maximum absolute atomic E-state index is 2.46. The Morgan fingerprint density at radius 3 is 1.10 bits per heavy atom. The lowest BCUT2D eigenvalue weighted by atomic mass is 9.46. The van der Waals surface area contributed by atoms with Gasteiger partial charge in [-0.1, -0.05) is 54.4 Å². The number of hydrogen-bond donors (Lipinski definition) is 0. The molecule has 0 nitrogen and oxygen atoms in total. The summed E-state index contributed by atoms with van der Waals surface area (Å²) >= 11 is 0. The van der Waals surface area contributed by atoms with Crippen LogP contribution in [0.25, 0.3) is 0 Å². The number of rotatable bonds is 0. The molecule has 6 aliphatic carbocycles. The zero-order chi connectivity index (χ0) is 14.7. The second-order valence-corrected chi connectivity index (χ2v) is 9.83. The van der Waals surface area contributed by atoms with E-state index in [1.807, 2.05) is 0 Å².